The fourth-order valence-electron chi connectivity index (χ4n) is 2.45. The molecule has 0 saturated carbocycles. The molecule has 2 fully saturated rings. The van der Waals surface area contributed by atoms with Crippen LogP contribution < -0.4 is 0 Å². The Morgan fingerprint density at radius 2 is 1.14 bits per heavy atom. The van der Waals surface area contributed by atoms with Crippen LogP contribution in [0.2, 0.25) is 0 Å². The van der Waals surface area contributed by atoms with Crippen LogP contribution in [0, 0.1) is 0 Å². The molecule has 0 aromatic heterocycles. The van der Waals surface area contributed by atoms with Crippen LogP contribution >= 0.6 is 0 Å². The number of rotatable bonds is 5. The van der Waals surface area contributed by atoms with Gasteiger partial charge in [0, 0.05) is 0 Å². The lowest BCUT2D eigenvalue weighted by Gasteiger charge is -2.39. The molecule has 12 heteroatoms. The second kappa shape index (κ2) is 14.3. The topological polar surface area (TPSA) is 210 Å². The highest BCUT2D eigenvalue weighted by Gasteiger charge is 2.44. The first-order chi connectivity index (χ1) is 12.7. The molecule has 2 aliphatic heterocycles. The maximum Gasteiger partial charge on any atom is 0.187 e. The van der Waals surface area contributed by atoms with Crippen LogP contribution in [-0.4, -0.2) is 127 Å². The number of hydrogen-bond acceptors (Lipinski definition) is 12. The van der Waals surface area contributed by atoms with Crippen molar-refractivity contribution < 1.29 is 60.2 Å². The van der Waals surface area contributed by atoms with Gasteiger partial charge in [0.1, 0.15) is 48.8 Å². The third-order valence-electron chi connectivity index (χ3n) is 4.09. The lowest BCUT2D eigenvalue weighted by molar-refractivity contribution is -0.298. The highest BCUT2D eigenvalue weighted by molar-refractivity contribution is 4.89. The smallest absolute Gasteiger partial charge is 0.187 e. The SMILES string of the molecule is C.C.C=CCOC1OC(CO)C(O)C(O)C1O.OCC1OC(O)C(O)C(O)C1O. The van der Waals surface area contributed by atoms with Gasteiger partial charge in [-0.1, -0.05) is 20.9 Å². The van der Waals surface area contributed by atoms with Crippen LogP contribution in [0.3, 0.4) is 0 Å². The summed E-state index contributed by atoms with van der Waals surface area (Å²) in [7, 11) is 0. The Labute approximate surface area is 169 Å². The van der Waals surface area contributed by atoms with Gasteiger partial charge in [-0.2, -0.15) is 0 Å². The van der Waals surface area contributed by atoms with E-state index in [1.54, 1.807) is 0 Å². The summed E-state index contributed by atoms with van der Waals surface area (Å²) >= 11 is 0. The molecule has 176 valence electrons. The van der Waals surface area contributed by atoms with Crippen molar-refractivity contribution in [1.82, 2.24) is 0 Å². The number of aliphatic hydroxyl groups is 9. The minimum Gasteiger partial charge on any atom is -0.394 e. The molecule has 9 N–H and O–H groups in total. The van der Waals surface area contributed by atoms with Crippen molar-refractivity contribution in [2.75, 3.05) is 19.8 Å². The Morgan fingerprint density at radius 3 is 1.59 bits per heavy atom. The zero-order valence-electron chi connectivity index (χ0n) is 14.4. The van der Waals surface area contributed by atoms with Crippen molar-refractivity contribution in [2.24, 2.45) is 0 Å². The number of aliphatic hydroxyl groups excluding tert-OH is 9. The van der Waals surface area contributed by atoms with E-state index < -0.39 is 74.6 Å². The van der Waals surface area contributed by atoms with E-state index in [9.17, 15) is 15.3 Å². The summed E-state index contributed by atoms with van der Waals surface area (Å²) in [5.41, 5.74) is 0. The molecule has 10 unspecified atom stereocenters. The van der Waals surface area contributed by atoms with Gasteiger partial charge < -0.3 is 60.2 Å². The third kappa shape index (κ3) is 7.79. The summed E-state index contributed by atoms with van der Waals surface area (Å²) < 4.78 is 14.7. The summed E-state index contributed by atoms with van der Waals surface area (Å²) in [5, 5.41) is 81.8. The molecule has 0 amide bonds. The summed E-state index contributed by atoms with van der Waals surface area (Å²) in [6.45, 7) is 2.58. The summed E-state index contributed by atoms with van der Waals surface area (Å²) in [5.74, 6) is 0. The zero-order valence-corrected chi connectivity index (χ0v) is 14.4. The Morgan fingerprint density at radius 1 is 0.690 bits per heavy atom. The van der Waals surface area contributed by atoms with Crippen LogP contribution in [0.1, 0.15) is 14.9 Å². The normalized spacial score (nSPS) is 41.8. The molecule has 29 heavy (non-hydrogen) atoms. The van der Waals surface area contributed by atoms with Crippen LogP contribution in [0.5, 0.6) is 0 Å². The van der Waals surface area contributed by atoms with Gasteiger partial charge in [-0.05, 0) is 0 Å². The highest BCUT2D eigenvalue weighted by atomic mass is 16.7. The van der Waals surface area contributed by atoms with Crippen molar-refractivity contribution in [2.45, 2.75) is 76.3 Å². The predicted molar refractivity (Wildman–Crippen MR) is 99.4 cm³/mol. The van der Waals surface area contributed by atoms with Gasteiger partial charge in [0.05, 0.1) is 19.8 Å². The summed E-state index contributed by atoms with van der Waals surface area (Å²) in [4.78, 5) is 0. The molecule has 2 heterocycles. The Balaban J connectivity index is 0. The average Bonchev–Trinajstić information content (AvgIpc) is 2.67. The average molecular weight is 432 g/mol. The predicted octanol–water partition coefficient (Wildman–Crippen LogP) is -3.96. The first kappa shape index (κ1) is 30.5. The van der Waals surface area contributed by atoms with Gasteiger partial charge >= 0.3 is 0 Å². The highest BCUT2D eigenvalue weighted by Crippen LogP contribution is 2.22. The Kier molecular flexibility index (Phi) is 15.0. The van der Waals surface area contributed by atoms with Crippen molar-refractivity contribution in [3.8, 4) is 0 Å². The van der Waals surface area contributed by atoms with Gasteiger partial charge in [0.2, 0.25) is 0 Å². The Bertz CT molecular complexity index is 432. The van der Waals surface area contributed by atoms with Gasteiger partial charge in [-0.25, -0.2) is 0 Å². The molecule has 0 spiro atoms. The van der Waals surface area contributed by atoms with Gasteiger partial charge in [-0.15, -0.1) is 6.58 Å². The molecule has 0 aromatic rings. The third-order valence-corrected chi connectivity index (χ3v) is 4.09. The van der Waals surface area contributed by atoms with Crippen molar-refractivity contribution >= 4 is 0 Å². The van der Waals surface area contributed by atoms with E-state index in [-0.39, 0.29) is 21.5 Å². The zero-order chi connectivity index (χ0) is 20.7. The Hall–Kier alpha value is -0.740. The van der Waals surface area contributed by atoms with E-state index >= 15 is 0 Å². The van der Waals surface area contributed by atoms with E-state index in [0.29, 0.717) is 0 Å². The van der Waals surface area contributed by atoms with E-state index in [1.165, 1.54) is 6.08 Å². The minimum absolute atomic E-state index is 0. The lowest BCUT2D eigenvalue weighted by atomic mass is 9.99. The molecule has 2 saturated heterocycles. The number of hydrogen-bond donors (Lipinski definition) is 9. The fourth-order valence-corrected chi connectivity index (χ4v) is 2.45. The maximum atomic E-state index is 9.47. The summed E-state index contributed by atoms with van der Waals surface area (Å²) in [6, 6.07) is 0. The maximum absolute atomic E-state index is 9.47. The first-order valence-electron chi connectivity index (χ1n) is 8.21. The van der Waals surface area contributed by atoms with Crippen LogP contribution in [0.15, 0.2) is 12.7 Å². The van der Waals surface area contributed by atoms with Crippen molar-refractivity contribution in [3.05, 3.63) is 12.7 Å². The molecule has 0 radical (unpaired) electrons. The van der Waals surface area contributed by atoms with Crippen LogP contribution in [0.25, 0.3) is 0 Å². The molecule has 10 atom stereocenters. The van der Waals surface area contributed by atoms with E-state index in [0.717, 1.165) is 0 Å². The molecular weight excluding hydrogens is 396 g/mol. The first-order valence-corrected chi connectivity index (χ1v) is 8.21. The monoisotopic (exact) mass is 432 g/mol. The second-order valence-corrected chi connectivity index (χ2v) is 6.04. The quantitative estimate of drug-likeness (QED) is 0.191. The number of ether oxygens (including phenoxy) is 3. The van der Waals surface area contributed by atoms with E-state index in [4.69, 9.17) is 40.1 Å². The molecule has 0 aliphatic carbocycles. The molecule has 2 rings (SSSR count). The van der Waals surface area contributed by atoms with Gasteiger partial charge in [0.25, 0.3) is 0 Å². The van der Waals surface area contributed by atoms with E-state index in [2.05, 4.69) is 11.3 Å². The van der Waals surface area contributed by atoms with Crippen molar-refractivity contribution in [3.63, 3.8) is 0 Å². The molecular formula is C17H36O12. The minimum atomic E-state index is -1.57. The fraction of sp³-hybridized carbons (Fsp3) is 0.882. The second-order valence-electron chi connectivity index (χ2n) is 6.04. The molecule has 12 nitrogen and oxygen atoms in total. The van der Waals surface area contributed by atoms with Crippen molar-refractivity contribution in [1.29, 1.82) is 0 Å². The molecule has 0 bridgehead atoms. The van der Waals surface area contributed by atoms with Crippen LogP contribution in [0.4, 0.5) is 0 Å². The summed E-state index contributed by atoms with van der Waals surface area (Å²) in [6.07, 6.45) is -11.7. The van der Waals surface area contributed by atoms with Crippen LogP contribution in [-0.2, 0) is 14.2 Å². The van der Waals surface area contributed by atoms with Gasteiger partial charge in [-0.3, -0.25) is 0 Å². The molecule has 2 aliphatic rings. The standard InChI is InChI=1S/C9H16O6.C6H12O6.2CH4/c1-2-3-14-9-8(13)7(12)6(11)5(4-10)15-9;7-1-2-3(8)4(9)5(10)6(11)12-2;;/h2,5-13H,1,3-4H2;2-11H,1H2;2*1H4. The lowest BCUT2D eigenvalue weighted by Crippen LogP contribution is -2.59. The largest absolute Gasteiger partial charge is 0.394 e. The molecule has 0 aromatic carbocycles. The van der Waals surface area contributed by atoms with E-state index in [1.807, 2.05) is 0 Å². The van der Waals surface area contributed by atoms with Gasteiger partial charge in [0.15, 0.2) is 12.6 Å².